The lowest BCUT2D eigenvalue weighted by Crippen LogP contribution is -2.29. The zero-order valence-corrected chi connectivity index (χ0v) is 15.6. The Labute approximate surface area is 164 Å². The van der Waals surface area contributed by atoms with Gasteiger partial charge in [-0.15, -0.1) is 0 Å². The summed E-state index contributed by atoms with van der Waals surface area (Å²) in [6.45, 7) is 1.75. The number of hydrogen-bond donors (Lipinski definition) is 3. The maximum atomic E-state index is 12.6. The highest BCUT2D eigenvalue weighted by Gasteiger charge is 2.19. The molecule has 0 fully saturated rings. The number of rotatable bonds is 6. The van der Waals surface area contributed by atoms with Crippen molar-refractivity contribution in [2.75, 3.05) is 19.8 Å². The Hall–Kier alpha value is -2.71. The largest absolute Gasteiger partial charge is 0.461 e. The third-order valence-electron chi connectivity index (χ3n) is 4.17. The van der Waals surface area contributed by atoms with Crippen LogP contribution in [0.4, 0.5) is 0 Å². The van der Waals surface area contributed by atoms with Gasteiger partial charge in [-0.2, -0.15) is 0 Å². The summed E-state index contributed by atoms with van der Waals surface area (Å²) >= 11 is 12.0. The van der Waals surface area contributed by atoms with Gasteiger partial charge < -0.3 is 24.9 Å². The highest BCUT2D eigenvalue weighted by molar-refractivity contribution is 6.38. The van der Waals surface area contributed by atoms with Gasteiger partial charge in [-0.05, 0) is 24.6 Å². The molecule has 0 atom stereocenters. The molecule has 4 heterocycles. The summed E-state index contributed by atoms with van der Waals surface area (Å²) in [4.78, 5) is 26.2. The van der Waals surface area contributed by atoms with Crippen LogP contribution in [0.2, 0.25) is 0 Å². The minimum atomic E-state index is -0.198. The lowest BCUT2D eigenvalue weighted by atomic mass is 10.2. The Bertz CT molecular complexity index is 998. The molecule has 3 aromatic heterocycles. The number of amides is 1. The molecule has 0 spiro atoms. The van der Waals surface area contributed by atoms with Gasteiger partial charge in [-0.25, -0.2) is 9.97 Å². The summed E-state index contributed by atoms with van der Waals surface area (Å²) in [7, 11) is 0. The fraction of sp³-hybridized carbons (Fsp3) is 0.235. The summed E-state index contributed by atoms with van der Waals surface area (Å²) in [5, 5.41) is 6.81. The summed E-state index contributed by atoms with van der Waals surface area (Å²) in [5.41, 5.74) is 1.51. The molecule has 1 aliphatic heterocycles. The summed E-state index contributed by atoms with van der Waals surface area (Å²) in [6, 6.07) is 5.22. The van der Waals surface area contributed by atoms with Gasteiger partial charge in [-0.3, -0.25) is 4.79 Å². The van der Waals surface area contributed by atoms with Crippen molar-refractivity contribution >= 4 is 40.3 Å². The SMILES string of the molecule is O=C(NCCCN1CNC(Cl)=C1Cl)c1ccnc2nc(-c3ccco3)[nH]c12. The van der Waals surface area contributed by atoms with Crippen molar-refractivity contribution in [3.05, 3.63) is 46.5 Å². The van der Waals surface area contributed by atoms with Crippen LogP contribution in [0.1, 0.15) is 16.8 Å². The summed E-state index contributed by atoms with van der Waals surface area (Å²) in [5.74, 6) is 0.918. The van der Waals surface area contributed by atoms with Crippen LogP contribution in [0.25, 0.3) is 22.7 Å². The first kappa shape index (κ1) is 17.7. The maximum Gasteiger partial charge on any atom is 0.253 e. The van der Waals surface area contributed by atoms with Gasteiger partial charge in [0.2, 0.25) is 0 Å². The average Bonchev–Trinajstić information content (AvgIpc) is 3.40. The number of imidazole rings is 1. The third kappa shape index (κ3) is 3.58. The predicted molar refractivity (Wildman–Crippen MR) is 102 cm³/mol. The van der Waals surface area contributed by atoms with Crippen molar-refractivity contribution < 1.29 is 9.21 Å². The van der Waals surface area contributed by atoms with Gasteiger partial charge in [0.05, 0.1) is 24.0 Å². The Morgan fingerprint density at radius 2 is 2.26 bits per heavy atom. The normalized spacial score (nSPS) is 14.1. The number of nitrogens with zero attached hydrogens (tertiary/aromatic N) is 3. The number of furan rings is 1. The second-order valence-corrected chi connectivity index (χ2v) is 6.67. The molecule has 3 N–H and O–H groups in total. The van der Waals surface area contributed by atoms with Crippen molar-refractivity contribution in [2.45, 2.75) is 6.42 Å². The molecular formula is C17H16Cl2N6O2. The van der Waals surface area contributed by atoms with Crippen molar-refractivity contribution in [1.82, 2.24) is 30.5 Å². The first-order valence-electron chi connectivity index (χ1n) is 8.34. The van der Waals surface area contributed by atoms with Crippen molar-refractivity contribution in [2.24, 2.45) is 0 Å². The molecule has 1 aliphatic rings. The van der Waals surface area contributed by atoms with E-state index < -0.39 is 0 Å². The highest BCUT2D eigenvalue weighted by atomic mass is 35.5. The lowest BCUT2D eigenvalue weighted by Gasteiger charge is -2.16. The lowest BCUT2D eigenvalue weighted by molar-refractivity contribution is 0.0954. The van der Waals surface area contributed by atoms with Crippen molar-refractivity contribution in [1.29, 1.82) is 0 Å². The van der Waals surface area contributed by atoms with Crippen LogP contribution >= 0.6 is 23.2 Å². The van der Waals surface area contributed by atoms with E-state index in [1.807, 2.05) is 4.90 Å². The second-order valence-electron chi connectivity index (χ2n) is 5.93. The molecule has 0 unspecified atom stereocenters. The van der Waals surface area contributed by atoms with E-state index in [9.17, 15) is 4.79 Å². The number of carbonyl (C=O) groups is 1. The minimum Gasteiger partial charge on any atom is -0.461 e. The fourth-order valence-corrected chi connectivity index (χ4v) is 3.21. The molecular weight excluding hydrogens is 391 g/mol. The number of pyridine rings is 1. The molecule has 8 nitrogen and oxygen atoms in total. The quantitative estimate of drug-likeness (QED) is 0.429. The highest BCUT2D eigenvalue weighted by Crippen LogP contribution is 2.22. The van der Waals surface area contributed by atoms with Crippen LogP contribution in [-0.4, -0.2) is 45.5 Å². The van der Waals surface area contributed by atoms with E-state index in [-0.39, 0.29) is 5.91 Å². The number of nitrogens with one attached hydrogen (secondary N) is 3. The minimum absolute atomic E-state index is 0.198. The van der Waals surface area contributed by atoms with Crippen LogP contribution in [0, 0.1) is 0 Å². The van der Waals surface area contributed by atoms with Gasteiger partial charge in [0, 0.05) is 19.3 Å². The zero-order chi connectivity index (χ0) is 18.8. The summed E-state index contributed by atoms with van der Waals surface area (Å²) < 4.78 is 5.34. The van der Waals surface area contributed by atoms with E-state index in [2.05, 4.69) is 25.6 Å². The first-order chi connectivity index (χ1) is 13.1. The number of aromatic amines is 1. The monoisotopic (exact) mass is 406 g/mol. The number of halogens is 2. The first-order valence-corrected chi connectivity index (χ1v) is 9.10. The number of H-pyrrole nitrogens is 1. The maximum absolute atomic E-state index is 12.6. The molecule has 1 amide bonds. The smallest absolute Gasteiger partial charge is 0.253 e. The van der Waals surface area contributed by atoms with E-state index in [1.54, 1.807) is 30.7 Å². The zero-order valence-electron chi connectivity index (χ0n) is 14.1. The summed E-state index contributed by atoms with van der Waals surface area (Å²) in [6.07, 6.45) is 3.85. The molecule has 4 rings (SSSR count). The molecule has 27 heavy (non-hydrogen) atoms. The van der Waals surface area contributed by atoms with Crippen LogP contribution in [-0.2, 0) is 0 Å². The van der Waals surface area contributed by atoms with Crippen LogP contribution in [0.15, 0.2) is 45.4 Å². The van der Waals surface area contributed by atoms with Gasteiger partial charge >= 0.3 is 0 Å². The molecule has 3 aromatic rings. The van der Waals surface area contributed by atoms with E-state index in [0.29, 0.717) is 58.4 Å². The van der Waals surface area contributed by atoms with E-state index in [4.69, 9.17) is 27.6 Å². The molecule has 140 valence electrons. The topological polar surface area (TPSA) is 99.1 Å². The molecule has 0 saturated carbocycles. The fourth-order valence-electron chi connectivity index (χ4n) is 2.82. The number of hydrogen-bond acceptors (Lipinski definition) is 6. The van der Waals surface area contributed by atoms with Gasteiger partial charge in [0.1, 0.15) is 10.3 Å². The number of carbonyl (C=O) groups excluding carboxylic acids is 1. The molecule has 0 aliphatic carbocycles. The van der Waals surface area contributed by atoms with Crippen LogP contribution in [0.3, 0.4) is 0 Å². The second kappa shape index (κ2) is 7.50. The predicted octanol–water partition coefficient (Wildman–Crippen LogP) is 2.80. The molecule has 0 bridgehead atoms. The Kier molecular flexibility index (Phi) is 4.91. The van der Waals surface area contributed by atoms with E-state index >= 15 is 0 Å². The molecule has 0 aromatic carbocycles. The van der Waals surface area contributed by atoms with Gasteiger partial charge in [0.25, 0.3) is 5.91 Å². The standard InChI is InChI=1S/C17H16Cl2N6O2/c18-13-14(19)25(9-22-13)7-2-5-21-17(26)10-4-6-20-16-12(10)23-15(24-16)11-3-1-8-27-11/h1,3-4,6,8,22H,2,5,7,9H2,(H,21,26)(H,20,23,24). The molecule has 0 saturated heterocycles. The van der Waals surface area contributed by atoms with Crippen molar-refractivity contribution in [3.63, 3.8) is 0 Å². The third-order valence-corrected chi connectivity index (χ3v) is 5.00. The Morgan fingerprint density at radius 3 is 3.00 bits per heavy atom. The van der Waals surface area contributed by atoms with E-state index in [0.717, 1.165) is 6.42 Å². The number of fused-ring (bicyclic) bond motifs is 1. The number of aromatic nitrogens is 3. The average molecular weight is 407 g/mol. The van der Waals surface area contributed by atoms with Gasteiger partial charge in [-0.1, -0.05) is 23.2 Å². The van der Waals surface area contributed by atoms with Crippen LogP contribution < -0.4 is 10.6 Å². The Morgan fingerprint density at radius 1 is 1.37 bits per heavy atom. The van der Waals surface area contributed by atoms with Gasteiger partial charge in [0.15, 0.2) is 17.2 Å². The Balaban J connectivity index is 1.41. The molecule has 0 radical (unpaired) electrons. The van der Waals surface area contributed by atoms with E-state index in [1.165, 1.54) is 0 Å². The van der Waals surface area contributed by atoms with Crippen molar-refractivity contribution in [3.8, 4) is 11.6 Å². The molecule has 10 heteroatoms. The van der Waals surface area contributed by atoms with Crippen LogP contribution in [0.5, 0.6) is 0 Å².